The summed E-state index contributed by atoms with van der Waals surface area (Å²) < 4.78 is 0. The molecule has 0 amide bonds. The van der Waals surface area contributed by atoms with Crippen LogP contribution in [0.25, 0.3) is 0 Å². The van der Waals surface area contributed by atoms with E-state index in [9.17, 15) is 0 Å². The van der Waals surface area contributed by atoms with Crippen molar-refractivity contribution in [1.82, 2.24) is 10.7 Å². The van der Waals surface area contributed by atoms with Gasteiger partial charge in [0.15, 0.2) is 0 Å². The molecule has 0 spiro atoms. The van der Waals surface area contributed by atoms with Crippen LogP contribution in [-0.4, -0.2) is 18.5 Å². The lowest BCUT2D eigenvalue weighted by Gasteiger charge is -2.45. The molecule has 0 aromatic carbocycles. The highest BCUT2D eigenvalue weighted by atomic mass is 15.3. The molecule has 0 atom stereocenters. The van der Waals surface area contributed by atoms with Crippen LogP contribution in [-0.2, 0) is 0 Å². The first-order chi connectivity index (χ1) is 8.78. The van der Waals surface area contributed by atoms with Crippen molar-refractivity contribution in [3.8, 4) is 0 Å². The van der Waals surface area contributed by atoms with Gasteiger partial charge >= 0.3 is 0 Å². The van der Waals surface area contributed by atoms with Crippen LogP contribution in [0.15, 0.2) is 4.99 Å². The van der Waals surface area contributed by atoms with Crippen LogP contribution in [0.4, 0.5) is 0 Å². The van der Waals surface area contributed by atoms with Gasteiger partial charge in [-0.3, -0.25) is 10.4 Å². The van der Waals surface area contributed by atoms with E-state index in [0.717, 1.165) is 25.3 Å². The van der Waals surface area contributed by atoms with Gasteiger partial charge in [-0.1, -0.05) is 41.0 Å². The third kappa shape index (κ3) is 5.81. The van der Waals surface area contributed by atoms with Crippen molar-refractivity contribution in [2.24, 2.45) is 21.7 Å². The summed E-state index contributed by atoms with van der Waals surface area (Å²) in [5, 5.41) is 3.49. The molecule has 4 N–H and O–H groups in total. The van der Waals surface area contributed by atoms with Gasteiger partial charge in [-0.25, -0.2) is 5.84 Å². The van der Waals surface area contributed by atoms with Crippen LogP contribution in [0.3, 0.4) is 0 Å². The minimum atomic E-state index is 0.378. The van der Waals surface area contributed by atoms with E-state index in [2.05, 4.69) is 50.4 Å². The van der Waals surface area contributed by atoms with Gasteiger partial charge in [0, 0.05) is 12.6 Å². The number of hydrazine groups is 1. The highest BCUT2D eigenvalue weighted by molar-refractivity contribution is 5.79. The SMILES string of the molecule is CCCCN=C(NN)NC1CC(C)(C)CC(C)(C)C1. The van der Waals surface area contributed by atoms with E-state index in [-0.39, 0.29) is 0 Å². The second kappa shape index (κ2) is 6.60. The van der Waals surface area contributed by atoms with E-state index in [1.165, 1.54) is 19.3 Å². The molecule has 112 valence electrons. The van der Waals surface area contributed by atoms with E-state index < -0.39 is 0 Å². The summed E-state index contributed by atoms with van der Waals surface area (Å²) in [6.07, 6.45) is 5.88. The molecule has 1 fully saturated rings. The average Bonchev–Trinajstić information content (AvgIpc) is 2.23. The monoisotopic (exact) mass is 268 g/mol. The first kappa shape index (κ1) is 16.3. The lowest BCUT2D eigenvalue weighted by Crippen LogP contribution is -2.51. The van der Waals surface area contributed by atoms with Gasteiger partial charge in [0.05, 0.1) is 0 Å². The maximum atomic E-state index is 5.56. The molecule has 0 radical (unpaired) electrons. The molecule has 1 aliphatic carbocycles. The van der Waals surface area contributed by atoms with Gasteiger partial charge in [-0.05, 0) is 36.5 Å². The van der Waals surface area contributed by atoms with Gasteiger partial charge in [-0.2, -0.15) is 0 Å². The van der Waals surface area contributed by atoms with Crippen molar-refractivity contribution in [2.45, 2.75) is 72.8 Å². The lowest BCUT2D eigenvalue weighted by molar-refractivity contribution is 0.0918. The Balaban J connectivity index is 2.61. The van der Waals surface area contributed by atoms with Crippen LogP contribution in [0.1, 0.15) is 66.7 Å². The lowest BCUT2D eigenvalue weighted by atomic mass is 9.63. The zero-order valence-corrected chi connectivity index (χ0v) is 13.3. The molecule has 0 aromatic heterocycles. The Bertz CT molecular complexity index is 291. The van der Waals surface area contributed by atoms with E-state index in [1.807, 2.05) is 0 Å². The zero-order chi connectivity index (χ0) is 14.5. The topological polar surface area (TPSA) is 62.4 Å². The molecule has 1 rings (SSSR count). The predicted octanol–water partition coefficient (Wildman–Crippen LogP) is 2.80. The Hall–Kier alpha value is -0.770. The van der Waals surface area contributed by atoms with Crippen LogP contribution in [0, 0.1) is 10.8 Å². The summed E-state index contributed by atoms with van der Waals surface area (Å²) in [7, 11) is 0. The zero-order valence-electron chi connectivity index (χ0n) is 13.3. The Morgan fingerprint density at radius 2 is 1.79 bits per heavy atom. The fourth-order valence-electron chi connectivity index (χ4n) is 3.62. The number of nitrogens with zero attached hydrogens (tertiary/aromatic N) is 1. The van der Waals surface area contributed by atoms with Crippen molar-refractivity contribution in [3.63, 3.8) is 0 Å². The fraction of sp³-hybridized carbons (Fsp3) is 0.933. The number of rotatable bonds is 4. The third-order valence-corrected chi connectivity index (χ3v) is 3.81. The Morgan fingerprint density at radius 3 is 2.26 bits per heavy atom. The normalized spacial score (nSPS) is 23.2. The van der Waals surface area contributed by atoms with E-state index in [1.54, 1.807) is 0 Å². The van der Waals surface area contributed by atoms with Gasteiger partial charge in [-0.15, -0.1) is 0 Å². The second-order valence-corrected chi connectivity index (χ2v) is 7.48. The van der Waals surface area contributed by atoms with Crippen molar-refractivity contribution in [2.75, 3.05) is 6.54 Å². The standard InChI is InChI=1S/C15H32N4/c1-6-7-8-17-13(19-16)18-12-9-14(2,3)11-15(4,5)10-12/h12H,6-11,16H2,1-5H3,(H2,17,18,19). The van der Waals surface area contributed by atoms with Crippen molar-refractivity contribution in [3.05, 3.63) is 0 Å². The van der Waals surface area contributed by atoms with Crippen molar-refractivity contribution < 1.29 is 0 Å². The van der Waals surface area contributed by atoms with E-state index in [4.69, 9.17) is 5.84 Å². The van der Waals surface area contributed by atoms with Gasteiger partial charge in [0.25, 0.3) is 0 Å². The quantitative estimate of drug-likeness (QED) is 0.241. The smallest absolute Gasteiger partial charge is 0.205 e. The Labute approximate surface area is 118 Å². The van der Waals surface area contributed by atoms with Gasteiger partial charge < -0.3 is 5.32 Å². The molecular weight excluding hydrogens is 236 g/mol. The van der Waals surface area contributed by atoms with Gasteiger partial charge in [0.2, 0.25) is 5.96 Å². The maximum absolute atomic E-state index is 5.56. The molecule has 0 heterocycles. The maximum Gasteiger partial charge on any atom is 0.205 e. The number of unbranched alkanes of at least 4 members (excludes halogenated alkanes) is 1. The van der Waals surface area contributed by atoms with Gasteiger partial charge in [0.1, 0.15) is 0 Å². The highest BCUT2D eigenvalue weighted by Gasteiger charge is 2.38. The summed E-state index contributed by atoms with van der Waals surface area (Å²) >= 11 is 0. The minimum absolute atomic E-state index is 0.378. The summed E-state index contributed by atoms with van der Waals surface area (Å²) in [6.45, 7) is 12.4. The largest absolute Gasteiger partial charge is 0.353 e. The molecule has 0 bridgehead atoms. The molecule has 0 saturated heterocycles. The fourth-order valence-corrected chi connectivity index (χ4v) is 3.62. The van der Waals surface area contributed by atoms with Crippen molar-refractivity contribution >= 4 is 5.96 Å². The molecule has 4 heteroatoms. The molecule has 4 nitrogen and oxygen atoms in total. The number of hydrogen-bond acceptors (Lipinski definition) is 2. The third-order valence-electron chi connectivity index (χ3n) is 3.81. The number of aliphatic imine (C=N–C) groups is 1. The molecule has 1 saturated carbocycles. The molecule has 0 aromatic rings. The van der Waals surface area contributed by atoms with Crippen LogP contribution >= 0.6 is 0 Å². The van der Waals surface area contributed by atoms with E-state index >= 15 is 0 Å². The predicted molar refractivity (Wildman–Crippen MR) is 82.9 cm³/mol. The first-order valence-corrected chi connectivity index (χ1v) is 7.56. The summed E-state index contributed by atoms with van der Waals surface area (Å²) in [5.74, 6) is 6.31. The summed E-state index contributed by atoms with van der Waals surface area (Å²) in [5.41, 5.74) is 3.46. The van der Waals surface area contributed by atoms with Crippen LogP contribution < -0.4 is 16.6 Å². The molecule has 0 unspecified atom stereocenters. The average molecular weight is 268 g/mol. The Kier molecular flexibility index (Phi) is 5.65. The number of nitrogens with two attached hydrogens (primary N) is 1. The number of hydrogen-bond donors (Lipinski definition) is 3. The first-order valence-electron chi connectivity index (χ1n) is 7.56. The highest BCUT2D eigenvalue weighted by Crippen LogP contribution is 2.45. The molecule has 0 aliphatic heterocycles. The minimum Gasteiger partial charge on any atom is -0.353 e. The van der Waals surface area contributed by atoms with Crippen LogP contribution in [0.5, 0.6) is 0 Å². The number of guanidine groups is 1. The number of nitrogens with one attached hydrogen (secondary N) is 2. The van der Waals surface area contributed by atoms with Crippen LogP contribution in [0.2, 0.25) is 0 Å². The van der Waals surface area contributed by atoms with Crippen molar-refractivity contribution in [1.29, 1.82) is 0 Å². The summed E-state index contributed by atoms with van der Waals surface area (Å²) in [6, 6.07) is 0.454. The summed E-state index contributed by atoms with van der Waals surface area (Å²) in [4.78, 5) is 4.49. The Morgan fingerprint density at radius 1 is 1.21 bits per heavy atom. The second-order valence-electron chi connectivity index (χ2n) is 7.48. The molecule has 1 aliphatic rings. The molecular formula is C15H32N4. The molecule has 19 heavy (non-hydrogen) atoms. The van der Waals surface area contributed by atoms with E-state index in [0.29, 0.717) is 16.9 Å².